The van der Waals surface area contributed by atoms with Crippen molar-refractivity contribution in [2.75, 3.05) is 13.1 Å². The molecule has 30 heavy (non-hydrogen) atoms. The van der Waals surface area contributed by atoms with Crippen molar-refractivity contribution in [3.63, 3.8) is 0 Å². The lowest BCUT2D eigenvalue weighted by atomic mass is 10.0. The van der Waals surface area contributed by atoms with Gasteiger partial charge in [0.05, 0.1) is 0 Å². The van der Waals surface area contributed by atoms with Crippen LogP contribution in [0, 0.1) is 0 Å². The van der Waals surface area contributed by atoms with E-state index < -0.39 is 0 Å². The number of benzene rings is 3. The second-order valence-electron chi connectivity index (χ2n) is 7.94. The monoisotopic (exact) mass is 464 g/mol. The smallest absolute Gasteiger partial charge is 0.124 e. The van der Waals surface area contributed by atoms with E-state index in [9.17, 15) is 0 Å². The molecule has 4 heteroatoms. The number of piperidine rings is 1. The Balaban J connectivity index is 1.28. The first-order chi connectivity index (χ1) is 14.8. The van der Waals surface area contributed by atoms with Crippen LogP contribution in [-0.4, -0.2) is 24.0 Å². The van der Waals surface area contributed by atoms with Crippen molar-refractivity contribution in [3.8, 4) is 5.75 Å². The SMILES string of the molecule is Brc1ccc(OCc2ccccc2)c(CNC2CCN(Cc3ccccc3)CC2)c1. The summed E-state index contributed by atoms with van der Waals surface area (Å²) in [7, 11) is 0. The van der Waals surface area contributed by atoms with Crippen LogP contribution >= 0.6 is 15.9 Å². The molecule has 0 aliphatic carbocycles. The van der Waals surface area contributed by atoms with Crippen LogP contribution in [0.1, 0.15) is 29.5 Å². The van der Waals surface area contributed by atoms with E-state index in [4.69, 9.17) is 4.74 Å². The quantitative estimate of drug-likeness (QED) is 0.456. The maximum absolute atomic E-state index is 6.13. The molecule has 0 atom stereocenters. The van der Waals surface area contributed by atoms with Crippen molar-refractivity contribution in [1.29, 1.82) is 0 Å². The molecular formula is C26H29BrN2O. The molecule has 0 aromatic heterocycles. The van der Waals surface area contributed by atoms with Crippen LogP contribution in [0.3, 0.4) is 0 Å². The summed E-state index contributed by atoms with van der Waals surface area (Å²) >= 11 is 3.61. The summed E-state index contributed by atoms with van der Waals surface area (Å²) < 4.78 is 7.22. The highest BCUT2D eigenvalue weighted by atomic mass is 79.9. The van der Waals surface area contributed by atoms with Crippen molar-refractivity contribution in [2.45, 2.75) is 38.6 Å². The summed E-state index contributed by atoms with van der Waals surface area (Å²) in [5, 5.41) is 3.76. The van der Waals surface area contributed by atoms with Crippen LogP contribution in [0.4, 0.5) is 0 Å². The average molecular weight is 465 g/mol. The van der Waals surface area contributed by atoms with Crippen LogP contribution in [-0.2, 0) is 19.7 Å². The topological polar surface area (TPSA) is 24.5 Å². The van der Waals surface area contributed by atoms with Gasteiger partial charge in [-0.25, -0.2) is 0 Å². The zero-order chi connectivity index (χ0) is 20.6. The Morgan fingerprint density at radius 1 is 0.867 bits per heavy atom. The Kier molecular flexibility index (Phi) is 7.57. The van der Waals surface area contributed by atoms with E-state index in [1.807, 2.05) is 24.3 Å². The normalized spacial score (nSPS) is 15.2. The molecule has 4 rings (SSSR count). The number of halogens is 1. The number of ether oxygens (including phenoxy) is 1. The average Bonchev–Trinajstić information content (AvgIpc) is 2.79. The molecule has 0 saturated carbocycles. The van der Waals surface area contributed by atoms with Gasteiger partial charge in [-0.1, -0.05) is 76.6 Å². The molecule has 156 valence electrons. The van der Waals surface area contributed by atoms with Gasteiger partial charge in [0.2, 0.25) is 0 Å². The maximum Gasteiger partial charge on any atom is 0.124 e. The van der Waals surface area contributed by atoms with Crippen molar-refractivity contribution in [1.82, 2.24) is 10.2 Å². The van der Waals surface area contributed by atoms with Crippen LogP contribution in [0.15, 0.2) is 83.3 Å². The van der Waals surface area contributed by atoms with Crippen LogP contribution in [0.25, 0.3) is 0 Å². The molecule has 0 bridgehead atoms. The van der Waals surface area contributed by atoms with Gasteiger partial charge in [0, 0.05) is 29.2 Å². The van der Waals surface area contributed by atoms with Gasteiger partial charge in [0.1, 0.15) is 12.4 Å². The van der Waals surface area contributed by atoms with Gasteiger partial charge in [-0.15, -0.1) is 0 Å². The van der Waals surface area contributed by atoms with Gasteiger partial charge in [0.15, 0.2) is 0 Å². The lowest BCUT2D eigenvalue weighted by Crippen LogP contribution is -2.41. The van der Waals surface area contributed by atoms with Crippen LogP contribution < -0.4 is 10.1 Å². The lowest BCUT2D eigenvalue weighted by molar-refractivity contribution is 0.189. The molecule has 1 aliphatic heterocycles. The summed E-state index contributed by atoms with van der Waals surface area (Å²) in [6, 6.07) is 27.9. The molecule has 0 radical (unpaired) electrons. The maximum atomic E-state index is 6.13. The zero-order valence-corrected chi connectivity index (χ0v) is 18.9. The molecule has 1 fully saturated rings. The number of rotatable bonds is 8. The lowest BCUT2D eigenvalue weighted by Gasteiger charge is -2.32. The van der Waals surface area contributed by atoms with Crippen molar-refractivity contribution in [3.05, 3.63) is 100 Å². The standard InChI is InChI=1S/C26H29BrN2O/c27-24-11-12-26(30-20-22-9-5-2-6-10-22)23(17-24)18-28-25-13-15-29(16-14-25)19-21-7-3-1-4-8-21/h1-12,17,25,28H,13-16,18-20H2. The molecular weight excluding hydrogens is 436 g/mol. The van der Waals surface area contributed by atoms with Gasteiger partial charge in [-0.05, 0) is 55.3 Å². The van der Waals surface area contributed by atoms with Gasteiger partial charge >= 0.3 is 0 Å². The molecule has 3 aromatic rings. The summed E-state index contributed by atoms with van der Waals surface area (Å²) in [5.74, 6) is 0.955. The van der Waals surface area contributed by atoms with E-state index in [0.717, 1.165) is 36.4 Å². The molecule has 1 heterocycles. The van der Waals surface area contributed by atoms with Gasteiger partial charge < -0.3 is 10.1 Å². The molecule has 3 nitrogen and oxygen atoms in total. The number of nitrogens with one attached hydrogen (secondary N) is 1. The third-order valence-corrected chi connectivity index (χ3v) is 6.17. The first kappa shape index (κ1) is 21.1. The molecule has 1 aliphatic rings. The Hall–Kier alpha value is -2.14. The number of likely N-dealkylation sites (tertiary alicyclic amines) is 1. The fraction of sp³-hybridized carbons (Fsp3) is 0.308. The number of hydrogen-bond donors (Lipinski definition) is 1. The van der Waals surface area contributed by atoms with Gasteiger partial charge in [-0.3, -0.25) is 4.90 Å². The second-order valence-corrected chi connectivity index (χ2v) is 8.86. The predicted molar refractivity (Wildman–Crippen MR) is 126 cm³/mol. The molecule has 1 saturated heterocycles. The van der Waals surface area contributed by atoms with Gasteiger partial charge in [-0.2, -0.15) is 0 Å². The highest BCUT2D eigenvalue weighted by Crippen LogP contribution is 2.25. The third-order valence-electron chi connectivity index (χ3n) is 5.68. The van der Waals surface area contributed by atoms with E-state index >= 15 is 0 Å². The van der Waals surface area contributed by atoms with Crippen molar-refractivity contribution >= 4 is 15.9 Å². The summed E-state index contributed by atoms with van der Waals surface area (Å²) in [5.41, 5.74) is 3.79. The highest BCUT2D eigenvalue weighted by Gasteiger charge is 2.19. The molecule has 0 unspecified atom stereocenters. The Morgan fingerprint density at radius 2 is 1.53 bits per heavy atom. The fourth-order valence-corrected chi connectivity index (χ4v) is 4.36. The van der Waals surface area contributed by atoms with E-state index in [2.05, 4.69) is 80.7 Å². The minimum atomic E-state index is 0.554. The number of hydrogen-bond acceptors (Lipinski definition) is 3. The number of nitrogens with zero attached hydrogens (tertiary/aromatic N) is 1. The Labute approximate surface area is 188 Å². The first-order valence-corrected chi connectivity index (χ1v) is 11.5. The summed E-state index contributed by atoms with van der Waals surface area (Å²) in [6.07, 6.45) is 2.36. The van der Waals surface area contributed by atoms with Crippen molar-refractivity contribution in [2.24, 2.45) is 0 Å². The Bertz CT molecular complexity index is 909. The van der Waals surface area contributed by atoms with E-state index in [-0.39, 0.29) is 0 Å². The first-order valence-electron chi connectivity index (χ1n) is 10.7. The predicted octanol–water partition coefficient (Wildman–Crippen LogP) is 5.78. The van der Waals surface area contributed by atoms with E-state index in [0.29, 0.717) is 12.6 Å². The van der Waals surface area contributed by atoms with Gasteiger partial charge in [0.25, 0.3) is 0 Å². The van der Waals surface area contributed by atoms with Crippen molar-refractivity contribution < 1.29 is 4.74 Å². The van der Waals surface area contributed by atoms with E-state index in [1.165, 1.54) is 29.5 Å². The highest BCUT2D eigenvalue weighted by molar-refractivity contribution is 9.10. The second kappa shape index (κ2) is 10.8. The van der Waals surface area contributed by atoms with Crippen LogP contribution in [0.5, 0.6) is 5.75 Å². The minimum absolute atomic E-state index is 0.554. The van der Waals surface area contributed by atoms with E-state index in [1.54, 1.807) is 0 Å². The van der Waals surface area contributed by atoms with Crippen LogP contribution in [0.2, 0.25) is 0 Å². The zero-order valence-electron chi connectivity index (χ0n) is 17.3. The largest absolute Gasteiger partial charge is 0.489 e. The Morgan fingerprint density at radius 3 is 2.23 bits per heavy atom. The molecule has 3 aromatic carbocycles. The summed E-state index contributed by atoms with van der Waals surface area (Å²) in [6.45, 7) is 4.75. The third kappa shape index (κ3) is 6.18. The molecule has 0 amide bonds. The summed E-state index contributed by atoms with van der Waals surface area (Å²) in [4.78, 5) is 2.56. The molecule has 0 spiro atoms. The minimum Gasteiger partial charge on any atom is -0.489 e. The molecule has 1 N–H and O–H groups in total. The fourth-order valence-electron chi connectivity index (χ4n) is 3.95.